The molecule has 1 fully saturated rings. The van der Waals surface area contributed by atoms with Crippen LogP contribution in [0.5, 0.6) is 0 Å². The van der Waals surface area contributed by atoms with Crippen LogP contribution in [0.15, 0.2) is 4.99 Å². The van der Waals surface area contributed by atoms with Gasteiger partial charge in [-0.2, -0.15) is 0 Å². The fourth-order valence-electron chi connectivity index (χ4n) is 4.19. The zero-order valence-corrected chi connectivity index (χ0v) is 19.8. The number of nitrogens with one attached hydrogen (secondary N) is 2. The standard InChI is InChI=1S/C20H36N6O.HI/c1-21-19(23-16-20(10-7-11-20)12-15-27-2)22-13-6-9-18-25-24-17-8-4-3-5-14-26(17)18;/h3-16H2,1-2H3,(H2,21,22,23);1H. The summed E-state index contributed by atoms with van der Waals surface area (Å²) < 4.78 is 7.63. The highest BCUT2D eigenvalue weighted by atomic mass is 127. The molecule has 1 aromatic rings. The molecule has 28 heavy (non-hydrogen) atoms. The van der Waals surface area contributed by atoms with Gasteiger partial charge in [-0.1, -0.05) is 12.8 Å². The molecule has 2 aliphatic rings. The molecular weight excluding hydrogens is 467 g/mol. The van der Waals surface area contributed by atoms with Crippen LogP contribution in [0.25, 0.3) is 0 Å². The van der Waals surface area contributed by atoms with Crippen molar-refractivity contribution in [3.63, 3.8) is 0 Å². The highest BCUT2D eigenvalue weighted by Crippen LogP contribution is 2.43. The summed E-state index contributed by atoms with van der Waals surface area (Å²) >= 11 is 0. The Morgan fingerprint density at radius 3 is 2.75 bits per heavy atom. The summed E-state index contributed by atoms with van der Waals surface area (Å²) in [6.07, 6.45) is 11.9. The van der Waals surface area contributed by atoms with Crippen molar-refractivity contribution in [1.82, 2.24) is 25.4 Å². The Morgan fingerprint density at radius 2 is 2.04 bits per heavy atom. The van der Waals surface area contributed by atoms with E-state index in [9.17, 15) is 0 Å². The Kier molecular flexibility index (Phi) is 9.98. The van der Waals surface area contributed by atoms with E-state index in [2.05, 4.69) is 30.4 Å². The highest BCUT2D eigenvalue weighted by Gasteiger charge is 2.36. The quantitative estimate of drug-likeness (QED) is 0.234. The van der Waals surface area contributed by atoms with Crippen LogP contribution in [-0.2, 0) is 24.1 Å². The van der Waals surface area contributed by atoms with Gasteiger partial charge in [0.1, 0.15) is 11.6 Å². The maximum absolute atomic E-state index is 5.28. The number of aliphatic imine (C=N–C) groups is 1. The number of ether oxygens (including phenoxy) is 1. The fraction of sp³-hybridized carbons (Fsp3) is 0.850. The van der Waals surface area contributed by atoms with Gasteiger partial charge >= 0.3 is 0 Å². The summed E-state index contributed by atoms with van der Waals surface area (Å²) in [5.41, 5.74) is 0.396. The van der Waals surface area contributed by atoms with E-state index < -0.39 is 0 Å². The maximum atomic E-state index is 5.28. The van der Waals surface area contributed by atoms with Gasteiger partial charge in [-0.3, -0.25) is 4.99 Å². The number of aryl methyl sites for hydroxylation is 2. The second-order valence-corrected chi connectivity index (χ2v) is 8.05. The lowest BCUT2D eigenvalue weighted by Gasteiger charge is -2.42. The van der Waals surface area contributed by atoms with Crippen molar-refractivity contribution in [3.8, 4) is 0 Å². The number of aromatic nitrogens is 3. The van der Waals surface area contributed by atoms with Crippen molar-refractivity contribution >= 4 is 29.9 Å². The summed E-state index contributed by atoms with van der Waals surface area (Å²) in [6, 6.07) is 0. The number of halogens is 1. The second kappa shape index (κ2) is 11.9. The molecule has 1 aliphatic heterocycles. The van der Waals surface area contributed by atoms with Crippen LogP contribution in [0, 0.1) is 5.41 Å². The van der Waals surface area contributed by atoms with Crippen molar-refractivity contribution in [2.24, 2.45) is 10.4 Å². The van der Waals surface area contributed by atoms with E-state index in [-0.39, 0.29) is 24.0 Å². The van der Waals surface area contributed by atoms with Gasteiger partial charge in [0.05, 0.1) is 0 Å². The lowest BCUT2D eigenvalue weighted by atomic mass is 9.67. The van der Waals surface area contributed by atoms with Crippen LogP contribution in [0.3, 0.4) is 0 Å². The van der Waals surface area contributed by atoms with Gasteiger partial charge in [-0.25, -0.2) is 0 Å². The van der Waals surface area contributed by atoms with Crippen LogP contribution in [0.1, 0.15) is 63.0 Å². The molecule has 0 unspecified atom stereocenters. The topological polar surface area (TPSA) is 76.4 Å². The number of nitrogens with zero attached hydrogens (tertiary/aromatic N) is 4. The molecule has 8 heteroatoms. The summed E-state index contributed by atoms with van der Waals surface area (Å²) in [5, 5.41) is 15.8. The number of hydrogen-bond donors (Lipinski definition) is 2. The molecule has 1 saturated carbocycles. The van der Waals surface area contributed by atoms with Crippen molar-refractivity contribution < 1.29 is 4.74 Å². The molecule has 2 heterocycles. The van der Waals surface area contributed by atoms with Gasteiger partial charge in [0.2, 0.25) is 0 Å². The molecule has 2 N–H and O–H groups in total. The number of hydrogen-bond acceptors (Lipinski definition) is 4. The van der Waals surface area contributed by atoms with E-state index in [0.717, 1.165) is 63.7 Å². The minimum Gasteiger partial charge on any atom is -0.385 e. The van der Waals surface area contributed by atoms with E-state index >= 15 is 0 Å². The lowest BCUT2D eigenvalue weighted by molar-refractivity contribution is 0.0732. The third kappa shape index (κ3) is 6.30. The zero-order valence-electron chi connectivity index (χ0n) is 17.5. The first kappa shape index (κ1) is 23.4. The summed E-state index contributed by atoms with van der Waals surface area (Å²) in [4.78, 5) is 4.38. The molecule has 0 bridgehead atoms. The minimum absolute atomic E-state index is 0. The number of rotatable bonds is 9. The van der Waals surface area contributed by atoms with E-state index in [1.165, 1.54) is 44.3 Å². The molecule has 3 rings (SSSR count). The fourth-order valence-corrected chi connectivity index (χ4v) is 4.19. The van der Waals surface area contributed by atoms with E-state index in [0.29, 0.717) is 5.41 Å². The SMILES string of the molecule is CN=C(NCCCc1nnc2n1CCCCC2)NCC1(CCOC)CCC1.I. The molecule has 0 atom stereocenters. The molecule has 0 radical (unpaired) electrons. The first-order valence-electron chi connectivity index (χ1n) is 10.6. The monoisotopic (exact) mass is 504 g/mol. The average Bonchev–Trinajstić information content (AvgIpc) is 2.88. The van der Waals surface area contributed by atoms with E-state index in [1.54, 1.807) is 7.11 Å². The Balaban J connectivity index is 0.00000280. The molecule has 0 aromatic carbocycles. The molecular formula is C20H37IN6O. The Morgan fingerprint density at radius 1 is 1.18 bits per heavy atom. The second-order valence-electron chi connectivity index (χ2n) is 8.05. The third-order valence-corrected chi connectivity index (χ3v) is 6.16. The minimum atomic E-state index is 0. The summed E-state index contributed by atoms with van der Waals surface area (Å²) in [7, 11) is 3.63. The first-order chi connectivity index (χ1) is 13.3. The predicted octanol–water partition coefficient (Wildman–Crippen LogP) is 2.93. The van der Waals surface area contributed by atoms with Gasteiger partial charge in [0.25, 0.3) is 0 Å². The largest absolute Gasteiger partial charge is 0.385 e. The van der Waals surface area contributed by atoms with Gasteiger partial charge in [-0.15, -0.1) is 34.2 Å². The molecule has 160 valence electrons. The molecule has 1 aliphatic carbocycles. The maximum Gasteiger partial charge on any atom is 0.190 e. The molecule has 0 amide bonds. The Labute approximate surface area is 186 Å². The van der Waals surface area contributed by atoms with E-state index in [4.69, 9.17) is 4.74 Å². The summed E-state index contributed by atoms with van der Waals surface area (Å²) in [5.74, 6) is 3.22. The first-order valence-corrected chi connectivity index (χ1v) is 10.6. The molecule has 1 aromatic heterocycles. The summed E-state index contributed by atoms with van der Waals surface area (Å²) in [6.45, 7) is 3.80. The predicted molar refractivity (Wildman–Crippen MR) is 123 cm³/mol. The van der Waals surface area contributed by atoms with Gasteiger partial charge in [0.15, 0.2) is 5.96 Å². The molecule has 7 nitrogen and oxygen atoms in total. The van der Waals surface area contributed by atoms with E-state index in [1.807, 2.05) is 7.05 Å². The van der Waals surface area contributed by atoms with Gasteiger partial charge in [0, 0.05) is 53.2 Å². The normalized spacial score (nSPS) is 18.4. The molecule has 0 saturated heterocycles. The van der Waals surface area contributed by atoms with Crippen molar-refractivity contribution in [2.75, 3.05) is 33.9 Å². The number of fused-ring (bicyclic) bond motifs is 1. The van der Waals surface area contributed by atoms with Crippen LogP contribution >= 0.6 is 24.0 Å². The van der Waals surface area contributed by atoms with Gasteiger partial charge < -0.3 is 19.9 Å². The van der Waals surface area contributed by atoms with Crippen molar-refractivity contribution in [1.29, 1.82) is 0 Å². The van der Waals surface area contributed by atoms with Crippen molar-refractivity contribution in [3.05, 3.63) is 11.6 Å². The average molecular weight is 504 g/mol. The zero-order chi connectivity index (χ0) is 19.0. The van der Waals surface area contributed by atoms with Crippen LogP contribution in [0.2, 0.25) is 0 Å². The van der Waals surface area contributed by atoms with Crippen molar-refractivity contribution in [2.45, 2.75) is 70.8 Å². The lowest BCUT2D eigenvalue weighted by Crippen LogP contribution is -2.47. The van der Waals surface area contributed by atoms with Crippen LogP contribution in [-0.4, -0.2) is 54.6 Å². The smallest absolute Gasteiger partial charge is 0.190 e. The number of methoxy groups -OCH3 is 1. The number of guanidine groups is 1. The Hall–Kier alpha value is -0.900. The Bertz CT molecular complexity index is 614. The third-order valence-electron chi connectivity index (χ3n) is 6.16. The molecule has 0 spiro atoms. The highest BCUT2D eigenvalue weighted by molar-refractivity contribution is 14.0. The van der Waals surface area contributed by atoms with Crippen LogP contribution in [0.4, 0.5) is 0 Å². The van der Waals surface area contributed by atoms with Gasteiger partial charge in [-0.05, 0) is 43.9 Å². The van der Waals surface area contributed by atoms with Crippen LogP contribution < -0.4 is 10.6 Å².